The summed E-state index contributed by atoms with van der Waals surface area (Å²) in [7, 11) is 0. The number of anilines is 2. The van der Waals surface area contributed by atoms with Crippen molar-refractivity contribution in [2.45, 2.75) is 38.1 Å². The molecule has 3 heterocycles. The summed E-state index contributed by atoms with van der Waals surface area (Å²) in [5.41, 5.74) is 2.32. The van der Waals surface area contributed by atoms with Crippen molar-refractivity contribution in [3.63, 3.8) is 0 Å². The van der Waals surface area contributed by atoms with Crippen molar-refractivity contribution in [2.24, 2.45) is 5.92 Å². The average molecular weight is 480 g/mol. The van der Waals surface area contributed by atoms with E-state index in [2.05, 4.69) is 25.6 Å². The van der Waals surface area contributed by atoms with Crippen molar-refractivity contribution in [2.75, 3.05) is 17.2 Å². The molecule has 4 atom stereocenters. The molecule has 5 N–H and O–H groups in total. The number of hydrogen-bond donors (Lipinski definition) is 5. The summed E-state index contributed by atoms with van der Waals surface area (Å²) >= 11 is 1.54. The molecule has 4 aromatic rings. The van der Waals surface area contributed by atoms with Crippen LogP contribution in [-0.4, -0.2) is 65.1 Å². The Balaban J connectivity index is 1.51. The molecule has 0 saturated heterocycles. The average Bonchev–Trinajstić information content (AvgIpc) is 3.39. The van der Waals surface area contributed by atoms with E-state index < -0.39 is 24.2 Å². The Kier molecular flexibility index (Phi) is 6.33. The Morgan fingerprint density at radius 2 is 1.82 bits per heavy atom. The van der Waals surface area contributed by atoms with Crippen LogP contribution in [0.3, 0.4) is 0 Å². The molecule has 0 bridgehead atoms. The van der Waals surface area contributed by atoms with Crippen LogP contribution in [0.1, 0.15) is 17.9 Å². The van der Waals surface area contributed by atoms with Crippen LogP contribution in [0.4, 0.5) is 11.8 Å². The molecule has 11 heteroatoms. The van der Waals surface area contributed by atoms with Gasteiger partial charge in [-0.1, -0.05) is 12.1 Å². The highest BCUT2D eigenvalue weighted by molar-refractivity contribution is 7.21. The monoisotopic (exact) mass is 479 g/mol. The van der Waals surface area contributed by atoms with Gasteiger partial charge in [-0.3, -0.25) is 0 Å². The fraction of sp³-hybridized carbons (Fsp3) is 0.348. The number of thiazole rings is 1. The normalized spacial score (nSPS) is 22.2. The molecule has 1 aliphatic carbocycles. The lowest BCUT2D eigenvalue weighted by Gasteiger charge is -2.21. The maximum atomic E-state index is 10.6. The van der Waals surface area contributed by atoms with Crippen LogP contribution >= 0.6 is 11.3 Å². The third-order valence-electron chi connectivity index (χ3n) is 5.98. The summed E-state index contributed by atoms with van der Waals surface area (Å²) in [6.07, 6.45) is 1.70. The van der Waals surface area contributed by atoms with Crippen molar-refractivity contribution in [1.82, 2.24) is 24.9 Å². The molecule has 1 fully saturated rings. The Bertz CT molecular complexity index is 1250. The number of aliphatic hydroxyl groups excluding tert-OH is 3. The van der Waals surface area contributed by atoms with E-state index in [0.717, 1.165) is 20.8 Å². The van der Waals surface area contributed by atoms with Gasteiger partial charge in [-0.25, -0.2) is 19.9 Å². The molecule has 1 aliphatic rings. The molecule has 10 nitrogen and oxygen atoms in total. The van der Waals surface area contributed by atoms with E-state index in [9.17, 15) is 15.3 Å². The molecule has 1 aromatic carbocycles. The lowest BCUT2D eigenvalue weighted by molar-refractivity contribution is 0.00446. The van der Waals surface area contributed by atoms with E-state index >= 15 is 0 Å². The highest BCUT2D eigenvalue weighted by Crippen LogP contribution is 2.38. The van der Waals surface area contributed by atoms with Gasteiger partial charge in [-0.2, -0.15) is 4.98 Å². The maximum Gasteiger partial charge on any atom is 0.225 e. The standard InChI is InChI=1S/C23H25N7O3S/c1-12-18(22-29-14-5-2-3-6-16(14)34-22)21(28-15-9-13(11-31)19(32)20(15)33)30-23(27-12)26-10-17-24-7-4-8-25-17/h2-8,13,15,19-20,31-33H,9-11H2,1H3,(H2,26,27,28,30)/t13-,15-,19-,20+/m1/s1. The Morgan fingerprint density at radius 3 is 2.56 bits per heavy atom. The first-order valence-electron chi connectivity index (χ1n) is 11.0. The van der Waals surface area contributed by atoms with Crippen LogP contribution in [0.25, 0.3) is 20.8 Å². The number of fused-ring (bicyclic) bond motifs is 1. The Hall–Kier alpha value is -3.25. The van der Waals surface area contributed by atoms with Crippen LogP contribution in [0.5, 0.6) is 0 Å². The van der Waals surface area contributed by atoms with Gasteiger partial charge < -0.3 is 26.0 Å². The van der Waals surface area contributed by atoms with Crippen molar-refractivity contribution in [1.29, 1.82) is 0 Å². The smallest absolute Gasteiger partial charge is 0.225 e. The van der Waals surface area contributed by atoms with Gasteiger partial charge >= 0.3 is 0 Å². The van der Waals surface area contributed by atoms with E-state index in [1.165, 1.54) is 11.3 Å². The second kappa shape index (κ2) is 9.55. The number of hydrogen-bond acceptors (Lipinski definition) is 11. The molecule has 0 amide bonds. The minimum absolute atomic E-state index is 0.201. The zero-order valence-electron chi connectivity index (χ0n) is 18.5. The Labute approximate surface area is 199 Å². The predicted molar refractivity (Wildman–Crippen MR) is 129 cm³/mol. The zero-order chi connectivity index (χ0) is 23.7. The first kappa shape index (κ1) is 22.5. The third-order valence-corrected chi connectivity index (χ3v) is 7.03. The minimum atomic E-state index is -1.04. The van der Waals surface area contributed by atoms with E-state index in [4.69, 9.17) is 9.97 Å². The van der Waals surface area contributed by atoms with Crippen LogP contribution in [0, 0.1) is 12.8 Å². The second-order valence-corrected chi connectivity index (χ2v) is 9.30. The van der Waals surface area contributed by atoms with Gasteiger partial charge in [-0.05, 0) is 31.5 Å². The lowest BCUT2D eigenvalue weighted by Crippen LogP contribution is -2.35. The number of nitrogens with zero attached hydrogens (tertiary/aromatic N) is 5. The number of aromatic nitrogens is 5. The number of para-hydroxylation sites is 1. The number of aryl methyl sites for hydroxylation is 1. The summed E-state index contributed by atoms with van der Waals surface area (Å²) in [6.45, 7) is 2.03. The molecular weight excluding hydrogens is 454 g/mol. The summed E-state index contributed by atoms with van der Waals surface area (Å²) in [5, 5.41) is 37.6. The molecule has 0 aliphatic heterocycles. The fourth-order valence-corrected chi connectivity index (χ4v) is 5.26. The fourth-order valence-electron chi connectivity index (χ4n) is 4.20. The minimum Gasteiger partial charge on any atom is -0.396 e. The van der Waals surface area contributed by atoms with Crippen LogP contribution < -0.4 is 10.6 Å². The number of benzene rings is 1. The van der Waals surface area contributed by atoms with Gasteiger partial charge in [0.2, 0.25) is 5.95 Å². The van der Waals surface area contributed by atoms with E-state index in [1.807, 2.05) is 31.2 Å². The van der Waals surface area contributed by atoms with E-state index in [1.54, 1.807) is 18.5 Å². The van der Waals surface area contributed by atoms with Crippen LogP contribution in [0.15, 0.2) is 42.7 Å². The van der Waals surface area contributed by atoms with Crippen molar-refractivity contribution < 1.29 is 15.3 Å². The van der Waals surface area contributed by atoms with Gasteiger partial charge in [0.1, 0.15) is 22.8 Å². The quantitative estimate of drug-likeness (QED) is 0.266. The second-order valence-electron chi connectivity index (χ2n) is 8.27. The molecule has 3 aromatic heterocycles. The topological polar surface area (TPSA) is 149 Å². The largest absolute Gasteiger partial charge is 0.396 e. The lowest BCUT2D eigenvalue weighted by atomic mass is 10.1. The SMILES string of the molecule is Cc1nc(NCc2ncccn2)nc(N[C@@H]2C[C@H](CO)[C@@H](O)[C@H]2O)c1-c1nc2ccccc2s1. The first-order chi connectivity index (χ1) is 16.5. The van der Waals surface area contributed by atoms with Gasteiger partial charge in [0.15, 0.2) is 0 Å². The number of nitrogens with one attached hydrogen (secondary N) is 2. The van der Waals surface area contributed by atoms with Gasteiger partial charge in [0.25, 0.3) is 0 Å². The van der Waals surface area contributed by atoms with Gasteiger partial charge in [-0.15, -0.1) is 11.3 Å². The third kappa shape index (κ3) is 4.42. The summed E-state index contributed by atoms with van der Waals surface area (Å²) in [6, 6.07) is 9.14. The predicted octanol–water partition coefficient (Wildman–Crippen LogP) is 1.98. The van der Waals surface area contributed by atoms with Crippen LogP contribution in [0.2, 0.25) is 0 Å². The van der Waals surface area contributed by atoms with Gasteiger partial charge in [0.05, 0.1) is 40.2 Å². The maximum absolute atomic E-state index is 10.6. The number of aliphatic hydroxyl groups is 3. The molecule has 0 radical (unpaired) electrons. The Morgan fingerprint density at radius 1 is 1.03 bits per heavy atom. The zero-order valence-corrected chi connectivity index (χ0v) is 19.3. The van der Waals surface area contributed by atoms with E-state index in [-0.39, 0.29) is 6.61 Å². The highest BCUT2D eigenvalue weighted by atomic mass is 32.1. The molecule has 1 saturated carbocycles. The highest BCUT2D eigenvalue weighted by Gasteiger charge is 2.41. The molecular formula is C23H25N7O3S. The van der Waals surface area contributed by atoms with Crippen molar-refractivity contribution in [3.05, 3.63) is 54.2 Å². The molecule has 34 heavy (non-hydrogen) atoms. The van der Waals surface area contributed by atoms with Crippen molar-refractivity contribution >= 4 is 33.3 Å². The molecule has 0 unspecified atom stereocenters. The number of rotatable bonds is 7. The van der Waals surface area contributed by atoms with Crippen LogP contribution in [-0.2, 0) is 6.54 Å². The molecule has 176 valence electrons. The van der Waals surface area contributed by atoms with Gasteiger partial charge in [0, 0.05) is 24.9 Å². The molecule has 0 spiro atoms. The first-order valence-corrected chi connectivity index (χ1v) is 11.8. The summed E-state index contributed by atoms with van der Waals surface area (Å²) < 4.78 is 1.04. The summed E-state index contributed by atoms with van der Waals surface area (Å²) in [5.74, 6) is 1.07. The molecule has 5 rings (SSSR count). The van der Waals surface area contributed by atoms with Crippen molar-refractivity contribution in [3.8, 4) is 10.6 Å². The summed E-state index contributed by atoms with van der Waals surface area (Å²) in [4.78, 5) is 22.5. The van der Waals surface area contributed by atoms with E-state index in [0.29, 0.717) is 36.3 Å².